The predicted octanol–water partition coefficient (Wildman–Crippen LogP) is 0.104. The molecule has 4 heterocycles. The third-order valence-corrected chi connectivity index (χ3v) is 5.64. The maximum absolute atomic E-state index is 12.8. The van der Waals surface area contributed by atoms with E-state index in [2.05, 4.69) is 19.9 Å². The van der Waals surface area contributed by atoms with Gasteiger partial charge >= 0.3 is 0 Å². The molecule has 0 bridgehead atoms. The fourth-order valence-corrected chi connectivity index (χ4v) is 4.19. The zero-order valence-electron chi connectivity index (χ0n) is 13.6. The second-order valence-corrected chi connectivity index (χ2v) is 7.03. The molecule has 1 fully saturated rings. The fraction of sp³-hybridized carbons (Fsp3) is 0.438. The number of anilines is 1. The van der Waals surface area contributed by atoms with Gasteiger partial charge in [0.2, 0.25) is 11.9 Å². The molecular formula is C16H18N6O2S. The second kappa shape index (κ2) is 6.83. The summed E-state index contributed by atoms with van der Waals surface area (Å²) in [6.45, 7) is 3.14. The highest BCUT2D eigenvalue weighted by atomic mass is 32.2. The molecule has 2 aromatic rings. The van der Waals surface area contributed by atoms with Gasteiger partial charge in [-0.05, 0) is 6.07 Å². The van der Waals surface area contributed by atoms with Gasteiger partial charge in [0.1, 0.15) is 0 Å². The number of fused-ring (bicyclic) bond motifs is 1. The summed E-state index contributed by atoms with van der Waals surface area (Å²) in [5.74, 6) is 1.30. The lowest BCUT2D eigenvalue weighted by atomic mass is 10.1. The Hall–Kier alpha value is -2.42. The van der Waals surface area contributed by atoms with Crippen LogP contribution in [0.3, 0.4) is 0 Å². The van der Waals surface area contributed by atoms with Gasteiger partial charge in [-0.2, -0.15) is 0 Å². The molecule has 0 saturated carbocycles. The number of rotatable bonds is 2. The van der Waals surface area contributed by atoms with Crippen molar-refractivity contribution in [2.45, 2.75) is 11.7 Å². The number of piperazine rings is 1. The molecule has 0 radical (unpaired) electrons. The molecule has 1 amide bonds. The first-order valence-electron chi connectivity index (χ1n) is 8.22. The molecule has 0 aliphatic carbocycles. The first-order valence-corrected chi connectivity index (χ1v) is 9.20. The number of carbonyl (C=O) groups excluding carboxylic acids is 1. The summed E-state index contributed by atoms with van der Waals surface area (Å²) in [7, 11) is 0. The third kappa shape index (κ3) is 3.23. The van der Waals surface area contributed by atoms with Gasteiger partial charge in [0.15, 0.2) is 5.16 Å². The van der Waals surface area contributed by atoms with Crippen LogP contribution < -0.4 is 10.5 Å². The van der Waals surface area contributed by atoms with Crippen LogP contribution in [0.5, 0.6) is 0 Å². The van der Waals surface area contributed by atoms with Crippen molar-refractivity contribution in [3.05, 3.63) is 41.1 Å². The molecule has 4 rings (SSSR count). The quantitative estimate of drug-likeness (QED) is 0.704. The lowest BCUT2D eigenvalue weighted by Gasteiger charge is -2.37. The van der Waals surface area contributed by atoms with E-state index in [-0.39, 0.29) is 17.4 Å². The van der Waals surface area contributed by atoms with Gasteiger partial charge in [0.05, 0.1) is 5.92 Å². The minimum atomic E-state index is -0.182. The standard InChI is InChI=1S/C16H18N6O2S/c23-13-2-5-19-16-22(13)10-12(11-25-16)14(24)20-6-8-21(9-7-20)15-17-3-1-4-18-15/h1-5,12H,6-11H2. The Morgan fingerprint density at radius 2 is 1.84 bits per heavy atom. The third-order valence-electron chi connectivity index (χ3n) is 4.49. The van der Waals surface area contributed by atoms with Crippen molar-refractivity contribution in [2.24, 2.45) is 5.92 Å². The molecule has 0 N–H and O–H groups in total. The number of amides is 1. The van der Waals surface area contributed by atoms with Crippen LogP contribution in [-0.4, -0.2) is 62.3 Å². The number of aromatic nitrogens is 4. The van der Waals surface area contributed by atoms with Crippen molar-refractivity contribution in [3.8, 4) is 0 Å². The maximum Gasteiger partial charge on any atom is 0.254 e. The molecule has 2 aliphatic rings. The van der Waals surface area contributed by atoms with E-state index in [1.165, 1.54) is 24.0 Å². The molecule has 25 heavy (non-hydrogen) atoms. The van der Waals surface area contributed by atoms with Crippen LogP contribution in [0, 0.1) is 5.92 Å². The number of hydrogen-bond acceptors (Lipinski definition) is 7. The van der Waals surface area contributed by atoms with Crippen LogP contribution in [-0.2, 0) is 11.3 Å². The molecule has 0 aromatic carbocycles. The van der Waals surface area contributed by atoms with Crippen LogP contribution in [0.1, 0.15) is 0 Å². The summed E-state index contributed by atoms with van der Waals surface area (Å²) in [6, 6.07) is 3.23. The van der Waals surface area contributed by atoms with Crippen molar-refractivity contribution < 1.29 is 4.79 Å². The Bertz CT molecular complexity index is 819. The van der Waals surface area contributed by atoms with Crippen molar-refractivity contribution in [1.82, 2.24) is 24.4 Å². The van der Waals surface area contributed by atoms with E-state index < -0.39 is 0 Å². The van der Waals surface area contributed by atoms with Crippen molar-refractivity contribution >= 4 is 23.6 Å². The molecule has 9 heteroatoms. The average Bonchev–Trinajstić information content (AvgIpc) is 2.68. The van der Waals surface area contributed by atoms with Gasteiger partial charge in [-0.1, -0.05) is 11.8 Å². The summed E-state index contributed by atoms with van der Waals surface area (Å²) < 4.78 is 1.60. The topological polar surface area (TPSA) is 84.2 Å². The molecule has 0 spiro atoms. The number of thioether (sulfide) groups is 1. The SMILES string of the molecule is O=C(C1CSc2nccc(=O)n2C1)N1CCN(c2ncccn2)CC1. The summed E-state index contributed by atoms with van der Waals surface area (Å²) in [6.07, 6.45) is 4.97. The summed E-state index contributed by atoms with van der Waals surface area (Å²) in [4.78, 5) is 41.5. The van der Waals surface area contributed by atoms with E-state index in [4.69, 9.17) is 0 Å². The van der Waals surface area contributed by atoms with Crippen LogP contribution in [0.25, 0.3) is 0 Å². The Kier molecular flexibility index (Phi) is 4.39. The molecule has 1 unspecified atom stereocenters. The van der Waals surface area contributed by atoms with E-state index in [0.717, 1.165) is 0 Å². The van der Waals surface area contributed by atoms with Gasteiger partial charge in [0, 0.05) is 63.1 Å². The zero-order valence-corrected chi connectivity index (χ0v) is 14.4. The van der Waals surface area contributed by atoms with Gasteiger partial charge in [0.25, 0.3) is 5.56 Å². The molecule has 1 atom stereocenters. The average molecular weight is 358 g/mol. The highest BCUT2D eigenvalue weighted by molar-refractivity contribution is 7.99. The lowest BCUT2D eigenvalue weighted by molar-refractivity contribution is -0.135. The van der Waals surface area contributed by atoms with Crippen LogP contribution in [0.4, 0.5) is 5.95 Å². The van der Waals surface area contributed by atoms with Crippen LogP contribution >= 0.6 is 11.8 Å². The molecule has 2 aromatic heterocycles. The highest BCUT2D eigenvalue weighted by Gasteiger charge is 2.31. The molecule has 1 saturated heterocycles. The maximum atomic E-state index is 12.8. The van der Waals surface area contributed by atoms with E-state index in [1.54, 1.807) is 23.0 Å². The van der Waals surface area contributed by atoms with E-state index in [0.29, 0.717) is 49.6 Å². The van der Waals surface area contributed by atoms with Gasteiger partial charge < -0.3 is 9.80 Å². The van der Waals surface area contributed by atoms with Crippen LogP contribution in [0.15, 0.2) is 40.7 Å². The van der Waals surface area contributed by atoms with Gasteiger partial charge in [-0.25, -0.2) is 15.0 Å². The second-order valence-electron chi connectivity index (χ2n) is 6.05. The van der Waals surface area contributed by atoms with E-state index in [9.17, 15) is 9.59 Å². The summed E-state index contributed by atoms with van der Waals surface area (Å²) >= 11 is 1.47. The van der Waals surface area contributed by atoms with Crippen molar-refractivity contribution in [1.29, 1.82) is 0 Å². The minimum Gasteiger partial charge on any atom is -0.339 e. The Morgan fingerprint density at radius 3 is 2.60 bits per heavy atom. The summed E-state index contributed by atoms with van der Waals surface area (Å²) in [5, 5.41) is 0.697. The number of nitrogens with zero attached hydrogens (tertiary/aromatic N) is 6. The first-order chi connectivity index (χ1) is 12.2. The fourth-order valence-electron chi connectivity index (χ4n) is 3.14. The Balaban J connectivity index is 1.40. The molecule has 8 nitrogen and oxygen atoms in total. The predicted molar refractivity (Wildman–Crippen MR) is 93.5 cm³/mol. The Morgan fingerprint density at radius 1 is 1.08 bits per heavy atom. The summed E-state index contributed by atoms with van der Waals surface area (Å²) in [5.41, 5.74) is -0.0963. The first kappa shape index (κ1) is 16.1. The van der Waals surface area contributed by atoms with E-state index >= 15 is 0 Å². The number of carbonyl (C=O) groups is 1. The van der Waals surface area contributed by atoms with Crippen molar-refractivity contribution in [3.63, 3.8) is 0 Å². The largest absolute Gasteiger partial charge is 0.339 e. The highest BCUT2D eigenvalue weighted by Crippen LogP contribution is 2.26. The van der Waals surface area contributed by atoms with Crippen molar-refractivity contribution in [2.75, 3.05) is 36.8 Å². The lowest BCUT2D eigenvalue weighted by Crippen LogP contribution is -2.52. The zero-order chi connectivity index (χ0) is 17.2. The normalized spacial score (nSPS) is 20.2. The molecule has 2 aliphatic heterocycles. The number of hydrogen-bond donors (Lipinski definition) is 0. The van der Waals surface area contributed by atoms with E-state index in [1.807, 2.05) is 4.90 Å². The van der Waals surface area contributed by atoms with Gasteiger partial charge in [-0.3, -0.25) is 14.2 Å². The smallest absolute Gasteiger partial charge is 0.254 e. The Labute approximate surface area is 148 Å². The minimum absolute atomic E-state index is 0.0963. The molecular weight excluding hydrogens is 340 g/mol. The van der Waals surface area contributed by atoms with Crippen LogP contribution in [0.2, 0.25) is 0 Å². The monoisotopic (exact) mass is 358 g/mol. The van der Waals surface area contributed by atoms with Gasteiger partial charge in [-0.15, -0.1) is 0 Å². The molecule has 130 valence electrons.